The molecule has 1 heterocycles. The first kappa shape index (κ1) is 43.7. The van der Waals surface area contributed by atoms with Gasteiger partial charge in [-0.3, -0.25) is 4.79 Å². The average Bonchev–Trinajstić information content (AvgIpc) is 3.41. The molecule has 16 heteroatoms. The van der Waals surface area contributed by atoms with Crippen molar-refractivity contribution in [3.63, 3.8) is 0 Å². The van der Waals surface area contributed by atoms with Crippen LogP contribution in [-0.2, 0) is 48.9 Å². The molecule has 0 saturated heterocycles. The van der Waals surface area contributed by atoms with Crippen LogP contribution in [0.2, 0.25) is 5.02 Å². The smallest absolute Gasteiger partial charge is 0.432 e. The van der Waals surface area contributed by atoms with Crippen molar-refractivity contribution in [2.75, 3.05) is 20.5 Å². The molecule has 0 saturated carbocycles. The van der Waals surface area contributed by atoms with Gasteiger partial charge in [-0.25, -0.2) is 4.79 Å². The third kappa shape index (κ3) is 9.51. The molecule has 1 aromatic heterocycles. The molecule has 8 nitrogen and oxygen atoms in total. The van der Waals surface area contributed by atoms with Crippen LogP contribution in [0.5, 0.6) is 0 Å². The van der Waals surface area contributed by atoms with Gasteiger partial charge in [0.05, 0.1) is 27.4 Å². The van der Waals surface area contributed by atoms with Gasteiger partial charge in [0.15, 0.2) is 12.6 Å². The molecule has 1 atom stereocenters. The minimum absolute atomic E-state index is 0.0964. The number of Topliss-reactive ketones (excluding diaryl/α,β-unsaturated/α-hetero) is 1. The van der Waals surface area contributed by atoms with E-state index in [1.807, 2.05) is 26.8 Å². The van der Waals surface area contributed by atoms with Gasteiger partial charge in [-0.15, -0.1) is 0 Å². The maximum absolute atomic E-state index is 13.7. The molecule has 4 aromatic rings. The number of alkyl halides is 6. The van der Waals surface area contributed by atoms with Crippen molar-refractivity contribution < 1.29 is 50.1 Å². The number of carbonyl (C=O) groups is 2. The molecule has 0 amide bonds. The highest BCUT2D eigenvalue weighted by atomic mass is 79.9. The molecular formula is C38H33BrClF6N3O5. The minimum atomic E-state index is -4.91. The van der Waals surface area contributed by atoms with Crippen molar-refractivity contribution in [3.05, 3.63) is 116 Å². The number of nitrogens with zero attached hydrogens (tertiary/aromatic N) is 3. The molecule has 0 N–H and O–H groups in total. The van der Waals surface area contributed by atoms with E-state index < -0.39 is 53.1 Å². The van der Waals surface area contributed by atoms with Crippen molar-refractivity contribution in [2.24, 2.45) is 0 Å². The van der Waals surface area contributed by atoms with Gasteiger partial charge in [0.25, 0.3) is 0 Å². The van der Waals surface area contributed by atoms with E-state index >= 15 is 0 Å². The summed E-state index contributed by atoms with van der Waals surface area (Å²) in [5.74, 6) is -2.56. The molecule has 0 spiro atoms. The Hall–Kier alpha value is -4.67. The molecule has 3 aromatic carbocycles. The summed E-state index contributed by atoms with van der Waals surface area (Å²) in [4.78, 5) is 26.3. The molecule has 0 aliphatic heterocycles. The van der Waals surface area contributed by atoms with Crippen LogP contribution >= 0.6 is 27.5 Å². The van der Waals surface area contributed by atoms with E-state index in [0.29, 0.717) is 16.7 Å². The number of hydrogen-bond donors (Lipinski definition) is 0. The number of carbonyl (C=O) groups excluding carboxylic acids is 2. The topological polar surface area (TPSA) is 114 Å². The fourth-order valence-electron chi connectivity index (χ4n) is 5.28. The number of ketones is 1. The third-order valence-electron chi connectivity index (χ3n) is 7.90. The summed E-state index contributed by atoms with van der Waals surface area (Å²) in [5.41, 5.74) is -4.88. The first-order valence-corrected chi connectivity index (χ1v) is 17.0. The molecule has 0 aliphatic carbocycles. The Labute approximate surface area is 320 Å². The zero-order chi connectivity index (χ0) is 40.6. The summed E-state index contributed by atoms with van der Waals surface area (Å²) in [6.45, 7) is 6.82. The van der Waals surface area contributed by atoms with E-state index in [1.165, 1.54) is 31.4 Å². The lowest BCUT2D eigenvalue weighted by Gasteiger charge is -2.27. The second-order valence-electron chi connectivity index (χ2n) is 12.5. The monoisotopic (exact) mass is 839 g/mol. The molecule has 0 fully saturated rings. The Morgan fingerprint density at radius 1 is 0.870 bits per heavy atom. The lowest BCUT2D eigenvalue weighted by atomic mass is 9.73. The van der Waals surface area contributed by atoms with E-state index in [4.69, 9.17) is 21.1 Å². The normalized spacial score (nSPS) is 12.8. The first-order valence-electron chi connectivity index (χ1n) is 15.8. The fourth-order valence-corrected chi connectivity index (χ4v) is 6.13. The number of hydrogen-bond acceptors (Lipinski definition) is 7. The predicted molar refractivity (Wildman–Crippen MR) is 190 cm³/mol. The van der Waals surface area contributed by atoms with Crippen LogP contribution in [0.3, 0.4) is 0 Å². The van der Waals surface area contributed by atoms with Crippen LogP contribution in [0, 0.1) is 22.7 Å². The van der Waals surface area contributed by atoms with Gasteiger partial charge in [-0.05, 0) is 57.6 Å². The number of benzene rings is 3. The van der Waals surface area contributed by atoms with Crippen LogP contribution < -0.4 is 0 Å². The van der Waals surface area contributed by atoms with E-state index in [2.05, 4.69) is 20.7 Å². The highest BCUT2D eigenvalue weighted by Crippen LogP contribution is 2.44. The number of ether oxygens (including phenoxy) is 3. The standard InChI is InChI=1S/C23H22F3NO4.C15H11BrClF3N2O/c1-21(2,3)16-11-9-15(10-12-16)19(28)22(13-27,20(29)31-14-30-4)17-7-5-6-8-18(17)23(24,25)26;1-2-23-8-22-13(9-3-5-10(17)6-4-9)11(7-21)12(16)14(22)15(18,19)20/h5-12H,14H2,1-4H3;3-6H,2,8H2,1H3. The maximum Gasteiger partial charge on any atom is 0.432 e. The van der Waals surface area contributed by atoms with Crippen molar-refractivity contribution in [3.8, 4) is 23.4 Å². The van der Waals surface area contributed by atoms with Crippen LogP contribution in [0.1, 0.15) is 66.0 Å². The van der Waals surface area contributed by atoms with Crippen LogP contribution in [0.15, 0.2) is 77.3 Å². The van der Waals surface area contributed by atoms with Gasteiger partial charge in [-0.1, -0.05) is 87.0 Å². The molecule has 54 heavy (non-hydrogen) atoms. The zero-order valence-corrected chi connectivity index (χ0v) is 31.8. The summed E-state index contributed by atoms with van der Waals surface area (Å²) in [6, 6.07) is 19.6. The second kappa shape index (κ2) is 17.6. The minimum Gasteiger partial charge on any atom is -0.437 e. The van der Waals surface area contributed by atoms with Crippen molar-refractivity contribution >= 4 is 39.3 Å². The van der Waals surface area contributed by atoms with Crippen LogP contribution in [0.25, 0.3) is 11.3 Å². The van der Waals surface area contributed by atoms with Crippen molar-refractivity contribution in [1.29, 1.82) is 10.5 Å². The molecule has 286 valence electrons. The lowest BCUT2D eigenvalue weighted by Crippen LogP contribution is -2.45. The van der Waals surface area contributed by atoms with E-state index in [9.17, 15) is 46.5 Å². The fraction of sp³-hybridized carbons (Fsp3) is 0.316. The number of methoxy groups -OCH3 is 1. The molecular weight excluding hydrogens is 808 g/mol. The summed E-state index contributed by atoms with van der Waals surface area (Å²) >= 11 is 8.73. The number of halogens is 8. The molecule has 4 rings (SSSR count). The Kier molecular flexibility index (Phi) is 14.3. The highest BCUT2D eigenvalue weighted by molar-refractivity contribution is 9.10. The third-order valence-corrected chi connectivity index (χ3v) is 8.92. The van der Waals surface area contributed by atoms with Gasteiger partial charge in [0, 0.05) is 29.9 Å². The van der Waals surface area contributed by atoms with Gasteiger partial charge in [0.2, 0.25) is 5.41 Å². The van der Waals surface area contributed by atoms with Gasteiger partial charge in [-0.2, -0.15) is 36.9 Å². The van der Waals surface area contributed by atoms with E-state index in [-0.39, 0.29) is 40.0 Å². The second-order valence-corrected chi connectivity index (χ2v) is 13.7. The molecule has 0 bridgehead atoms. The molecule has 1 unspecified atom stereocenters. The zero-order valence-electron chi connectivity index (χ0n) is 29.5. The van der Waals surface area contributed by atoms with Crippen molar-refractivity contribution in [2.45, 2.75) is 57.6 Å². The lowest BCUT2D eigenvalue weighted by molar-refractivity contribution is -0.157. The van der Waals surface area contributed by atoms with Crippen LogP contribution in [-0.4, -0.2) is 36.8 Å². The number of rotatable bonds is 10. The van der Waals surface area contributed by atoms with Gasteiger partial charge >= 0.3 is 18.3 Å². The van der Waals surface area contributed by atoms with E-state index in [1.54, 1.807) is 43.3 Å². The average molecular weight is 841 g/mol. The largest absolute Gasteiger partial charge is 0.437 e. The van der Waals surface area contributed by atoms with Crippen LogP contribution in [0.4, 0.5) is 26.3 Å². The summed E-state index contributed by atoms with van der Waals surface area (Å²) < 4.78 is 96.6. The molecule has 0 aliphatic rings. The Morgan fingerprint density at radius 3 is 1.91 bits per heavy atom. The number of nitriles is 2. The summed E-state index contributed by atoms with van der Waals surface area (Å²) in [5, 5.41) is 19.7. The highest BCUT2D eigenvalue weighted by Gasteiger charge is 2.54. The Bertz CT molecular complexity index is 2040. The maximum atomic E-state index is 13.7. The summed E-state index contributed by atoms with van der Waals surface area (Å²) in [6.07, 6.45) is -9.54. The quantitative estimate of drug-likeness (QED) is 0.0514. The summed E-state index contributed by atoms with van der Waals surface area (Å²) in [7, 11) is 1.19. The Balaban J connectivity index is 0.000000303. The number of esters is 1. The first-order chi connectivity index (χ1) is 25.2. The van der Waals surface area contributed by atoms with Gasteiger partial charge in [0.1, 0.15) is 18.5 Å². The Morgan fingerprint density at radius 2 is 1.44 bits per heavy atom. The SMILES string of the molecule is CCOCn1c(-c2ccc(Cl)cc2)c(C#N)c(Br)c1C(F)(F)F.COCOC(=O)C(C#N)(C(=O)c1ccc(C(C)(C)C)cc1)c1ccccc1C(F)(F)F. The van der Waals surface area contributed by atoms with Gasteiger partial charge < -0.3 is 18.8 Å². The van der Waals surface area contributed by atoms with E-state index in [0.717, 1.165) is 22.3 Å². The molecule has 0 radical (unpaired) electrons. The van der Waals surface area contributed by atoms with Crippen molar-refractivity contribution in [1.82, 2.24) is 4.57 Å². The predicted octanol–water partition coefficient (Wildman–Crippen LogP) is 10.2. The number of aromatic nitrogens is 1.